The molecule has 0 heterocycles. The van der Waals surface area contributed by atoms with Crippen molar-refractivity contribution in [2.75, 3.05) is 26.1 Å². The average molecular weight is 267 g/mol. The maximum atomic E-state index is 10.7. The molecule has 0 radical (unpaired) electrons. The van der Waals surface area contributed by atoms with Crippen molar-refractivity contribution in [3.63, 3.8) is 0 Å². The molecule has 0 saturated heterocycles. The molecule has 1 atom stereocenters. The lowest BCUT2D eigenvalue weighted by Gasteiger charge is -2.15. The summed E-state index contributed by atoms with van der Waals surface area (Å²) in [7, 11) is 3.18. The van der Waals surface area contributed by atoms with Crippen LogP contribution in [-0.2, 0) is 4.79 Å². The van der Waals surface area contributed by atoms with Crippen LogP contribution in [-0.4, -0.2) is 31.8 Å². The maximum absolute atomic E-state index is 10.7. The fourth-order valence-electron chi connectivity index (χ4n) is 1.72. The van der Waals surface area contributed by atoms with E-state index in [9.17, 15) is 4.79 Å². The third-order valence-corrected chi connectivity index (χ3v) is 3.04. The van der Waals surface area contributed by atoms with Gasteiger partial charge < -0.3 is 19.9 Å². The zero-order chi connectivity index (χ0) is 14.4. The summed E-state index contributed by atoms with van der Waals surface area (Å²) in [6.45, 7) is 4.26. The summed E-state index contributed by atoms with van der Waals surface area (Å²) in [5.74, 6) is 0.213. The van der Waals surface area contributed by atoms with Gasteiger partial charge in [-0.05, 0) is 25.0 Å². The second-order valence-corrected chi connectivity index (χ2v) is 4.48. The molecule has 1 unspecified atom stereocenters. The zero-order valence-corrected chi connectivity index (χ0v) is 11.8. The van der Waals surface area contributed by atoms with E-state index in [1.54, 1.807) is 21.1 Å². The van der Waals surface area contributed by atoms with Crippen LogP contribution in [0.1, 0.15) is 18.9 Å². The van der Waals surface area contributed by atoms with Gasteiger partial charge in [0.2, 0.25) is 0 Å². The first-order valence-electron chi connectivity index (χ1n) is 6.19. The van der Waals surface area contributed by atoms with Gasteiger partial charge in [0.1, 0.15) is 0 Å². The molecule has 0 aromatic heterocycles. The van der Waals surface area contributed by atoms with Gasteiger partial charge in [-0.15, -0.1) is 0 Å². The van der Waals surface area contributed by atoms with Gasteiger partial charge in [-0.1, -0.05) is 6.92 Å². The third-order valence-electron chi connectivity index (χ3n) is 3.04. The monoisotopic (exact) mass is 267 g/mol. The van der Waals surface area contributed by atoms with Gasteiger partial charge >= 0.3 is 5.97 Å². The predicted octanol–water partition coefficient (Wildman–Crippen LogP) is 2.53. The molecule has 1 rings (SSSR count). The number of hydrogen-bond acceptors (Lipinski definition) is 4. The average Bonchev–Trinajstić information content (AvgIpc) is 2.39. The Morgan fingerprint density at radius 1 is 1.32 bits per heavy atom. The van der Waals surface area contributed by atoms with Crippen molar-refractivity contribution in [1.29, 1.82) is 0 Å². The fourth-order valence-corrected chi connectivity index (χ4v) is 1.72. The molecule has 0 saturated carbocycles. The number of hydrogen-bond donors (Lipinski definition) is 2. The number of ether oxygens (including phenoxy) is 2. The van der Waals surface area contributed by atoms with Gasteiger partial charge in [-0.2, -0.15) is 0 Å². The highest BCUT2D eigenvalue weighted by atomic mass is 16.5. The van der Waals surface area contributed by atoms with Crippen LogP contribution in [0.4, 0.5) is 5.69 Å². The van der Waals surface area contributed by atoms with Crippen LogP contribution in [0.3, 0.4) is 0 Å². The van der Waals surface area contributed by atoms with E-state index in [-0.39, 0.29) is 5.92 Å². The Hall–Kier alpha value is -1.91. The van der Waals surface area contributed by atoms with E-state index >= 15 is 0 Å². The SMILES string of the molecule is COc1cc(C)c(NCCC(C)C(=O)O)cc1OC. The Bertz CT molecular complexity index is 445. The molecular weight excluding hydrogens is 246 g/mol. The highest BCUT2D eigenvalue weighted by Gasteiger charge is 2.11. The number of aryl methyl sites for hydroxylation is 1. The summed E-state index contributed by atoms with van der Waals surface area (Å²) in [5, 5.41) is 12.0. The first-order valence-corrected chi connectivity index (χ1v) is 6.19. The second-order valence-electron chi connectivity index (χ2n) is 4.48. The highest BCUT2D eigenvalue weighted by Crippen LogP contribution is 2.32. The summed E-state index contributed by atoms with van der Waals surface area (Å²) in [4.78, 5) is 10.7. The van der Waals surface area contributed by atoms with Crippen molar-refractivity contribution in [2.24, 2.45) is 5.92 Å². The molecule has 2 N–H and O–H groups in total. The summed E-state index contributed by atoms with van der Waals surface area (Å²) < 4.78 is 10.5. The summed E-state index contributed by atoms with van der Waals surface area (Å²) in [5.41, 5.74) is 1.95. The van der Waals surface area contributed by atoms with E-state index in [1.807, 2.05) is 19.1 Å². The maximum Gasteiger partial charge on any atom is 0.306 e. The number of rotatable bonds is 7. The van der Waals surface area contributed by atoms with Gasteiger partial charge in [-0.25, -0.2) is 0 Å². The van der Waals surface area contributed by atoms with Crippen molar-refractivity contribution in [2.45, 2.75) is 20.3 Å². The van der Waals surface area contributed by atoms with Crippen LogP contribution in [0.25, 0.3) is 0 Å². The van der Waals surface area contributed by atoms with Crippen LogP contribution in [0.15, 0.2) is 12.1 Å². The highest BCUT2D eigenvalue weighted by molar-refractivity contribution is 5.69. The van der Waals surface area contributed by atoms with E-state index in [1.165, 1.54) is 0 Å². The number of methoxy groups -OCH3 is 2. The van der Waals surface area contributed by atoms with E-state index < -0.39 is 5.97 Å². The van der Waals surface area contributed by atoms with Crippen molar-refractivity contribution in [3.8, 4) is 11.5 Å². The molecule has 5 nitrogen and oxygen atoms in total. The number of aliphatic carboxylic acids is 1. The molecule has 0 aliphatic carbocycles. The molecular formula is C14H21NO4. The molecule has 0 amide bonds. The standard InChI is InChI=1S/C14H21NO4/c1-9(14(16)17)5-6-15-11-8-13(19-4)12(18-3)7-10(11)2/h7-9,15H,5-6H2,1-4H3,(H,16,17). The van der Waals surface area contributed by atoms with Crippen molar-refractivity contribution in [3.05, 3.63) is 17.7 Å². The van der Waals surface area contributed by atoms with E-state index in [0.717, 1.165) is 11.3 Å². The third kappa shape index (κ3) is 4.05. The molecule has 106 valence electrons. The molecule has 0 fully saturated rings. The van der Waals surface area contributed by atoms with E-state index in [2.05, 4.69) is 5.32 Å². The number of carboxylic acid groups (broad SMARTS) is 1. The molecule has 0 aliphatic rings. The lowest BCUT2D eigenvalue weighted by molar-refractivity contribution is -0.141. The first kappa shape index (κ1) is 15.1. The predicted molar refractivity (Wildman–Crippen MR) is 74.2 cm³/mol. The second kappa shape index (κ2) is 6.87. The minimum Gasteiger partial charge on any atom is -0.493 e. The van der Waals surface area contributed by atoms with Crippen molar-refractivity contribution in [1.82, 2.24) is 0 Å². The molecule has 5 heteroatoms. The van der Waals surface area contributed by atoms with Crippen molar-refractivity contribution >= 4 is 11.7 Å². The number of benzene rings is 1. The Labute approximate surface area is 113 Å². The quantitative estimate of drug-likeness (QED) is 0.794. The first-order chi connectivity index (χ1) is 8.99. The minimum absolute atomic E-state index is 0.354. The normalized spacial score (nSPS) is 11.8. The van der Waals surface area contributed by atoms with Gasteiger partial charge in [-0.3, -0.25) is 4.79 Å². The molecule has 0 bridgehead atoms. The van der Waals surface area contributed by atoms with Gasteiger partial charge in [0.25, 0.3) is 0 Å². The van der Waals surface area contributed by atoms with Crippen LogP contribution in [0.2, 0.25) is 0 Å². The fraction of sp³-hybridized carbons (Fsp3) is 0.500. The Balaban J connectivity index is 2.71. The summed E-state index contributed by atoms with van der Waals surface area (Å²) >= 11 is 0. The molecule has 19 heavy (non-hydrogen) atoms. The van der Waals surface area contributed by atoms with Crippen molar-refractivity contribution < 1.29 is 19.4 Å². The van der Waals surface area contributed by atoms with E-state index in [0.29, 0.717) is 24.5 Å². The molecule has 1 aromatic rings. The number of nitrogens with one attached hydrogen (secondary N) is 1. The Morgan fingerprint density at radius 3 is 2.42 bits per heavy atom. The van der Waals surface area contributed by atoms with Crippen LogP contribution in [0, 0.1) is 12.8 Å². The van der Waals surface area contributed by atoms with Gasteiger partial charge in [0.15, 0.2) is 11.5 Å². The molecule has 1 aromatic carbocycles. The van der Waals surface area contributed by atoms with Crippen LogP contribution in [0.5, 0.6) is 11.5 Å². The largest absolute Gasteiger partial charge is 0.493 e. The molecule has 0 spiro atoms. The Morgan fingerprint density at radius 2 is 1.89 bits per heavy atom. The number of carbonyl (C=O) groups is 1. The number of carboxylic acids is 1. The van der Waals surface area contributed by atoms with E-state index in [4.69, 9.17) is 14.6 Å². The lowest BCUT2D eigenvalue weighted by atomic mass is 10.1. The Kier molecular flexibility index (Phi) is 5.48. The summed E-state index contributed by atoms with van der Waals surface area (Å²) in [6.07, 6.45) is 0.573. The summed E-state index contributed by atoms with van der Waals surface area (Å²) in [6, 6.07) is 3.75. The smallest absolute Gasteiger partial charge is 0.306 e. The number of anilines is 1. The van der Waals surface area contributed by atoms with Crippen LogP contribution < -0.4 is 14.8 Å². The minimum atomic E-state index is -0.772. The van der Waals surface area contributed by atoms with Gasteiger partial charge in [0.05, 0.1) is 20.1 Å². The molecule has 0 aliphatic heterocycles. The topological polar surface area (TPSA) is 67.8 Å². The zero-order valence-electron chi connectivity index (χ0n) is 11.8. The van der Waals surface area contributed by atoms with Gasteiger partial charge in [0, 0.05) is 18.3 Å². The lowest BCUT2D eigenvalue weighted by Crippen LogP contribution is -2.14. The van der Waals surface area contributed by atoms with Crippen LogP contribution >= 0.6 is 0 Å².